The molecule has 1 aromatic heterocycles. The topological polar surface area (TPSA) is 157 Å². The number of anilines is 1. The summed E-state index contributed by atoms with van der Waals surface area (Å²) in [6.07, 6.45) is 0.411. The van der Waals surface area contributed by atoms with Crippen molar-refractivity contribution in [3.8, 4) is 11.3 Å². The van der Waals surface area contributed by atoms with Crippen LogP contribution in [0.25, 0.3) is 11.3 Å². The van der Waals surface area contributed by atoms with E-state index in [2.05, 4.69) is 20.6 Å². The zero-order valence-corrected chi connectivity index (χ0v) is 22.3. The number of amides is 1. The summed E-state index contributed by atoms with van der Waals surface area (Å²) < 4.78 is 5.15. The fraction of sp³-hybridized carbons (Fsp3) is 0.480. The molecule has 2 rings (SSSR count). The quantitative estimate of drug-likeness (QED) is 0.186. The van der Waals surface area contributed by atoms with E-state index in [1.165, 1.54) is 11.8 Å². The van der Waals surface area contributed by atoms with Crippen molar-refractivity contribution in [3.63, 3.8) is 0 Å². The molecule has 1 aromatic carbocycles. The Balaban J connectivity index is 1.79. The first kappa shape index (κ1) is 29.1. The van der Waals surface area contributed by atoms with Gasteiger partial charge in [0.25, 0.3) is 0 Å². The Morgan fingerprint density at radius 3 is 2.47 bits per heavy atom. The number of nitrogen functional groups attached to an aromatic ring is 1. The smallest absolute Gasteiger partial charge is 0.407 e. The predicted octanol–water partition coefficient (Wildman–Crippen LogP) is 3.60. The number of aromatic carboxylic acids is 1. The van der Waals surface area contributed by atoms with Gasteiger partial charge in [0.1, 0.15) is 16.4 Å². The summed E-state index contributed by atoms with van der Waals surface area (Å²) in [7, 11) is 0. The molecule has 5 N–H and O–H groups in total. The molecular weight excluding hydrogens is 482 g/mol. The molecule has 0 saturated carbocycles. The predicted molar refractivity (Wildman–Crippen MR) is 140 cm³/mol. The molecular formula is C25H35N5O5S. The third kappa shape index (κ3) is 9.82. The molecule has 11 heteroatoms. The Morgan fingerprint density at radius 2 is 1.81 bits per heavy atom. The van der Waals surface area contributed by atoms with E-state index in [4.69, 9.17) is 10.5 Å². The van der Waals surface area contributed by atoms with Crippen LogP contribution >= 0.6 is 11.8 Å². The number of ether oxygens (including phenoxy) is 1. The number of carboxylic acid groups (broad SMARTS) is 1. The molecule has 196 valence electrons. The van der Waals surface area contributed by atoms with E-state index < -0.39 is 17.7 Å². The number of rotatable bonds is 12. The van der Waals surface area contributed by atoms with Crippen LogP contribution in [0.1, 0.15) is 55.1 Å². The molecule has 0 radical (unpaired) electrons. The van der Waals surface area contributed by atoms with Crippen molar-refractivity contribution in [3.05, 3.63) is 34.9 Å². The number of benzene rings is 1. The zero-order chi connectivity index (χ0) is 26.9. The average molecular weight is 518 g/mol. The Hall–Kier alpha value is -3.18. The molecule has 0 atom stereocenters. The van der Waals surface area contributed by atoms with Gasteiger partial charge in [-0.15, -0.1) is 11.8 Å². The Morgan fingerprint density at radius 1 is 1.08 bits per heavy atom. The molecule has 10 nitrogen and oxygen atoms in total. The number of hydrogen-bond acceptors (Lipinski definition) is 9. The zero-order valence-electron chi connectivity index (χ0n) is 21.4. The Kier molecular flexibility index (Phi) is 10.7. The summed E-state index contributed by atoms with van der Waals surface area (Å²) in [5.41, 5.74) is 8.41. The van der Waals surface area contributed by atoms with Gasteiger partial charge < -0.3 is 26.2 Å². The van der Waals surface area contributed by atoms with Gasteiger partial charge in [-0.05, 0) is 64.3 Å². The minimum Gasteiger partial charge on any atom is -0.478 e. The highest BCUT2D eigenvalue weighted by atomic mass is 32.2. The third-order valence-electron chi connectivity index (χ3n) is 4.95. The summed E-state index contributed by atoms with van der Waals surface area (Å²) >= 11 is 1.46. The summed E-state index contributed by atoms with van der Waals surface area (Å²) in [6.45, 7) is 10.2. The maximum Gasteiger partial charge on any atom is 0.407 e. The van der Waals surface area contributed by atoms with Crippen molar-refractivity contribution in [1.82, 2.24) is 20.6 Å². The monoisotopic (exact) mass is 517 g/mol. The molecule has 0 saturated heterocycles. The second-order valence-corrected chi connectivity index (χ2v) is 10.4. The van der Waals surface area contributed by atoms with Crippen LogP contribution in [0.3, 0.4) is 0 Å². The van der Waals surface area contributed by atoms with E-state index in [1.807, 2.05) is 13.0 Å². The first-order chi connectivity index (χ1) is 16.9. The van der Waals surface area contributed by atoms with E-state index >= 15 is 0 Å². The molecule has 36 heavy (non-hydrogen) atoms. The van der Waals surface area contributed by atoms with Crippen LogP contribution in [0, 0.1) is 13.8 Å². The van der Waals surface area contributed by atoms with Crippen LogP contribution in [0.5, 0.6) is 0 Å². The maximum atomic E-state index is 12.0. The van der Waals surface area contributed by atoms with Crippen molar-refractivity contribution in [1.29, 1.82) is 0 Å². The summed E-state index contributed by atoms with van der Waals surface area (Å²) in [5, 5.41) is 15.9. The van der Waals surface area contributed by atoms with Gasteiger partial charge in [0.05, 0.1) is 17.8 Å². The van der Waals surface area contributed by atoms with Gasteiger partial charge in [-0.2, -0.15) is 0 Å². The second kappa shape index (κ2) is 13.2. The van der Waals surface area contributed by atoms with Crippen LogP contribution in [0.15, 0.2) is 23.2 Å². The van der Waals surface area contributed by atoms with Crippen molar-refractivity contribution in [2.75, 3.05) is 31.1 Å². The number of carbonyl (C=O) groups excluding carboxylic acids is 2. The molecule has 0 unspecified atom stereocenters. The molecule has 2 aromatic rings. The lowest BCUT2D eigenvalue weighted by atomic mass is 9.98. The number of nitrogens with two attached hydrogens (primary N) is 1. The van der Waals surface area contributed by atoms with Crippen LogP contribution in [0.4, 0.5) is 10.7 Å². The lowest BCUT2D eigenvalue weighted by Gasteiger charge is -2.19. The maximum absolute atomic E-state index is 12.0. The highest BCUT2D eigenvalue weighted by Gasteiger charge is 2.16. The van der Waals surface area contributed by atoms with Gasteiger partial charge in [0, 0.05) is 30.8 Å². The lowest BCUT2D eigenvalue weighted by Crippen LogP contribution is -2.33. The molecule has 1 amide bonds. The molecule has 0 aliphatic carbocycles. The van der Waals surface area contributed by atoms with Crippen LogP contribution in [-0.2, 0) is 9.53 Å². The summed E-state index contributed by atoms with van der Waals surface area (Å²) in [6, 6.07) is 5.21. The molecule has 0 aliphatic heterocycles. The summed E-state index contributed by atoms with van der Waals surface area (Å²) in [5.74, 6) is -0.180. The fourth-order valence-corrected chi connectivity index (χ4v) is 4.16. The lowest BCUT2D eigenvalue weighted by molar-refractivity contribution is -0.118. The van der Waals surface area contributed by atoms with Gasteiger partial charge in [-0.1, -0.05) is 6.07 Å². The van der Waals surface area contributed by atoms with E-state index in [-0.39, 0.29) is 23.8 Å². The number of alkyl carbamates (subject to hydrolysis) is 1. The molecule has 0 aliphatic rings. The Labute approximate surface area is 215 Å². The minimum absolute atomic E-state index is 0.0589. The van der Waals surface area contributed by atoms with Crippen LogP contribution in [0.2, 0.25) is 0 Å². The fourth-order valence-electron chi connectivity index (χ4n) is 3.35. The van der Waals surface area contributed by atoms with Gasteiger partial charge >= 0.3 is 12.1 Å². The molecule has 1 heterocycles. The number of aromatic nitrogens is 2. The molecule has 0 bridgehead atoms. The van der Waals surface area contributed by atoms with Gasteiger partial charge in [0.15, 0.2) is 0 Å². The first-order valence-corrected chi connectivity index (χ1v) is 12.7. The SMILES string of the molecule is Cc1cc(C)c(-c2cc(SCCNCC(=O)CCCNC(=O)OC(C)(C)C)nc(N)n2)cc1C(=O)O. The highest BCUT2D eigenvalue weighted by Crippen LogP contribution is 2.28. The van der Waals surface area contributed by atoms with Crippen molar-refractivity contribution in [2.45, 2.75) is 58.1 Å². The minimum atomic E-state index is -0.995. The number of nitrogens with zero attached hydrogens (tertiary/aromatic N) is 2. The number of carbonyl (C=O) groups is 3. The number of Topliss-reactive ketones (excluding diaryl/α,β-unsaturated/α-hetero) is 1. The van der Waals surface area contributed by atoms with Crippen LogP contribution in [-0.4, -0.2) is 63.9 Å². The largest absolute Gasteiger partial charge is 0.478 e. The van der Waals surface area contributed by atoms with E-state index in [1.54, 1.807) is 39.8 Å². The number of hydrogen-bond donors (Lipinski definition) is 4. The van der Waals surface area contributed by atoms with Gasteiger partial charge in [0.2, 0.25) is 5.95 Å². The van der Waals surface area contributed by atoms with E-state index in [0.29, 0.717) is 53.5 Å². The summed E-state index contributed by atoms with van der Waals surface area (Å²) in [4.78, 5) is 43.7. The molecule has 0 spiro atoms. The average Bonchev–Trinajstić information content (AvgIpc) is 2.74. The van der Waals surface area contributed by atoms with Crippen molar-refractivity contribution < 1.29 is 24.2 Å². The van der Waals surface area contributed by atoms with Crippen molar-refractivity contribution >= 4 is 35.6 Å². The van der Waals surface area contributed by atoms with Gasteiger partial charge in [-0.25, -0.2) is 19.6 Å². The Bertz CT molecular complexity index is 1100. The normalized spacial score (nSPS) is 11.2. The standard InChI is InChI=1S/C25H35N5O5S/c1-15-11-16(2)19(22(32)33)12-18(15)20-13-21(30-23(26)29-20)36-10-9-27-14-17(31)7-6-8-28-24(34)35-25(3,4)5/h11-13,27H,6-10,14H2,1-5H3,(H,28,34)(H,32,33)(H2,26,29,30). The van der Waals surface area contributed by atoms with Crippen molar-refractivity contribution in [2.24, 2.45) is 0 Å². The first-order valence-electron chi connectivity index (χ1n) is 11.7. The number of nitrogens with one attached hydrogen (secondary N) is 2. The second-order valence-electron chi connectivity index (χ2n) is 9.33. The molecule has 0 fully saturated rings. The van der Waals surface area contributed by atoms with E-state index in [9.17, 15) is 19.5 Å². The van der Waals surface area contributed by atoms with E-state index in [0.717, 1.165) is 5.56 Å². The highest BCUT2D eigenvalue weighted by molar-refractivity contribution is 7.99. The van der Waals surface area contributed by atoms with Gasteiger partial charge in [-0.3, -0.25) is 4.79 Å². The number of aryl methyl sites for hydroxylation is 2. The number of carboxylic acids is 1. The number of thioether (sulfide) groups is 1. The van der Waals surface area contributed by atoms with Crippen LogP contribution < -0.4 is 16.4 Å². The number of ketones is 1. The third-order valence-corrected chi connectivity index (χ3v) is 5.86.